The molecule has 104 valence electrons. The predicted octanol–water partition coefficient (Wildman–Crippen LogP) is 0.508. The number of nitrogens with zero attached hydrogens (tertiary/aromatic N) is 2. The van der Waals surface area contributed by atoms with E-state index in [1.807, 2.05) is 13.8 Å². The second-order valence-corrected chi connectivity index (χ2v) is 4.80. The van der Waals surface area contributed by atoms with E-state index in [-0.39, 0.29) is 24.1 Å². The summed E-state index contributed by atoms with van der Waals surface area (Å²) in [5.74, 6) is -0.187. The van der Waals surface area contributed by atoms with Gasteiger partial charge in [-0.3, -0.25) is 9.59 Å². The lowest BCUT2D eigenvalue weighted by Crippen LogP contribution is -2.39. The van der Waals surface area contributed by atoms with Gasteiger partial charge in [-0.25, -0.2) is 4.98 Å². The summed E-state index contributed by atoms with van der Waals surface area (Å²) in [6, 6.07) is 3.26. The van der Waals surface area contributed by atoms with Crippen LogP contribution in [-0.4, -0.2) is 41.8 Å². The minimum absolute atomic E-state index is 0.0123. The molecule has 1 aromatic rings. The highest BCUT2D eigenvalue weighted by molar-refractivity contribution is 5.98. The third-order valence-corrected chi connectivity index (χ3v) is 2.48. The Balaban J connectivity index is 2.58. The van der Waals surface area contributed by atoms with Crippen molar-refractivity contribution in [2.75, 3.05) is 25.9 Å². The molecule has 1 aromatic heterocycles. The zero-order valence-electron chi connectivity index (χ0n) is 11.5. The summed E-state index contributed by atoms with van der Waals surface area (Å²) in [4.78, 5) is 28.9. The van der Waals surface area contributed by atoms with Crippen molar-refractivity contribution in [2.45, 2.75) is 13.8 Å². The van der Waals surface area contributed by atoms with E-state index in [0.29, 0.717) is 18.2 Å². The van der Waals surface area contributed by atoms with Crippen LogP contribution < -0.4 is 11.1 Å². The smallest absolute Gasteiger partial charge is 0.274 e. The Kier molecular flexibility index (Phi) is 5.29. The predicted molar refractivity (Wildman–Crippen MR) is 73.5 cm³/mol. The minimum atomic E-state index is -0.363. The molecule has 0 aliphatic rings. The van der Waals surface area contributed by atoms with Crippen molar-refractivity contribution < 1.29 is 9.59 Å². The van der Waals surface area contributed by atoms with Gasteiger partial charge in [-0.1, -0.05) is 13.8 Å². The summed E-state index contributed by atoms with van der Waals surface area (Å²) in [5, 5.41) is 2.75. The molecule has 0 atom stereocenters. The van der Waals surface area contributed by atoms with E-state index in [0.717, 1.165) is 0 Å². The van der Waals surface area contributed by atoms with E-state index >= 15 is 0 Å². The fourth-order valence-corrected chi connectivity index (χ4v) is 1.44. The number of pyridine rings is 1. The van der Waals surface area contributed by atoms with Crippen molar-refractivity contribution in [1.29, 1.82) is 0 Å². The highest BCUT2D eigenvalue weighted by Crippen LogP contribution is 2.09. The van der Waals surface area contributed by atoms with Crippen LogP contribution in [0.3, 0.4) is 0 Å². The minimum Gasteiger partial charge on any atom is -0.397 e. The van der Waals surface area contributed by atoms with E-state index in [1.54, 1.807) is 19.2 Å². The lowest BCUT2D eigenvalue weighted by atomic mass is 10.2. The highest BCUT2D eigenvalue weighted by atomic mass is 16.2. The van der Waals surface area contributed by atoms with Gasteiger partial charge >= 0.3 is 0 Å². The molecule has 0 saturated heterocycles. The number of carbonyl (C=O) groups is 2. The number of nitrogens with two attached hydrogens (primary N) is 1. The molecule has 6 heteroatoms. The molecule has 3 N–H and O–H groups in total. The molecule has 2 amide bonds. The van der Waals surface area contributed by atoms with E-state index in [4.69, 9.17) is 5.73 Å². The molecule has 0 radical (unpaired) electrons. The fraction of sp³-hybridized carbons (Fsp3) is 0.462. The standard InChI is InChI=1S/C13H20N4O2/c1-9(2)7-16-11(18)8-17(3)13(19)12-10(14)5-4-6-15-12/h4-6,9H,7-8,14H2,1-3H3,(H,16,18). The van der Waals surface area contributed by atoms with Crippen LogP contribution in [0.2, 0.25) is 0 Å². The average molecular weight is 264 g/mol. The van der Waals surface area contributed by atoms with Gasteiger partial charge in [-0.15, -0.1) is 0 Å². The SMILES string of the molecule is CC(C)CNC(=O)CN(C)C(=O)c1ncccc1N. The van der Waals surface area contributed by atoms with E-state index in [1.165, 1.54) is 11.1 Å². The zero-order valence-corrected chi connectivity index (χ0v) is 11.5. The second kappa shape index (κ2) is 6.72. The topological polar surface area (TPSA) is 88.3 Å². The maximum absolute atomic E-state index is 12.0. The molecule has 0 bridgehead atoms. The Morgan fingerprint density at radius 3 is 2.74 bits per heavy atom. The largest absolute Gasteiger partial charge is 0.397 e. The number of amides is 2. The van der Waals surface area contributed by atoms with E-state index in [9.17, 15) is 9.59 Å². The highest BCUT2D eigenvalue weighted by Gasteiger charge is 2.18. The van der Waals surface area contributed by atoms with Gasteiger partial charge in [0.1, 0.15) is 0 Å². The first kappa shape index (κ1) is 14.9. The van der Waals surface area contributed by atoms with Crippen LogP contribution in [0, 0.1) is 5.92 Å². The van der Waals surface area contributed by atoms with Gasteiger partial charge in [0, 0.05) is 19.8 Å². The number of rotatable bonds is 5. The molecule has 0 unspecified atom stereocenters. The number of aromatic nitrogens is 1. The Morgan fingerprint density at radius 1 is 1.47 bits per heavy atom. The number of nitrogens with one attached hydrogen (secondary N) is 1. The summed E-state index contributed by atoms with van der Waals surface area (Å²) >= 11 is 0. The molecule has 1 heterocycles. The third kappa shape index (κ3) is 4.57. The first-order chi connectivity index (χ1) is 8.91. The van der Waals surface area contributed by atoms with E-state index < -0.39 is 0 Å². The van der Waals surface area contributed by atoms with E-state index in [2.05, 4.69) is 10.3 Å². The van der Waals surface area contributed by atoms with Gasteiger partial charge < -0.3 is 16.0 Å². The van der Waals surface area contributed by atoms with Crippen LogP contribution in [0.15, 0.2) is 18.3 Å². The van der Waals surface area contributed by atoms with Gasteiger partial charge in [0.2, 0.25) is 5.91 Å². The average Bonchev–Trinajstić information content (AvgIpc) is 2.36. The van der Waals surface area contributed by atoms with Crippen molar-refractivity contribution in [3.8, 4) is 0 Å². The molecule has 0 spiro atoms. The molecule has 1 rings (SSSR count). The number of nitrogen functional groups attached to an aromatic ring is 1. The fourth-order valence-electron chi connectivity index (χ4n) is 1.44. The number of hydrogen-bond acceptors (Lipinski definition) is 4. The van der Waals surface area contributed by atoms with Gasteiger partial charge in [0.15, 0.2) is 5.69 Å². The second-order valence-electron chi connectivity index (χ2n) is 4.80. The first-order valence-corrected chi connectivity index (χ1v) is 6.14. The Bertz CT molecular complexity index is 460. The Morgan fingerprint density at radius 2 is 2.16 bits per heavy atom. The molecule has 0 aliphatic heterocycles. The molecular weight excluding hydrogens is 244 g/mol. The number of likely N-dealkylation sites (N-methyl/N-ethyl adjacent to an activating group) is 1. The normalized spacial score (nSPS) is 10.3. The van der Waals surface area contributed by atoms with Crippen molar-refractivity contribution in [3.63, 3.8) is 0 Å². The summed E-state index contributed by atoms with van der Waals surface area (Å²) in [6.45, 7) is 4.58. The van der Waals surface area contributed by atoms with Crippen LogP contribution in [0.5, 0.6) is 0 Å². The molecule has 19 heavy (non-hydrogen) atoms. The Hall–Kier alpha value is -2.11. The molecule has 0 fully saturated rings. The van der Waals surface area contributed by atoms with Crippen molar-refractivity contribution in [3.05, 3.63) is 24.0 Å². The van der Waals surface area contributed by atoms with Crippen LogP contribution in [0.25, 0.3) is 0 Å². The molecule has 0 aliphatic carbocycles. The maximum atomic E-state index is 12.0. The quantitative estimate of drug-likeness (QED) is 0.811. The summed E-state index contributed by atoms with van der Waals surface area (Å²) in [6.07, 6.45) is 1.50. The third-order valence-electron chi connectivity index (χ3n) is 2.48. The lowest BCUT2D eigenvalue weighted by Gasteiger charge is -2.17. The number of carbonyl (C=O) groups excluding carboxylic acids is 2. The monoisotopic (exact) mass is 264 g/mol. The first-order valence-electron chi connectivity index (χ1n) is 6.14. The molecule has 0 saturated carbocycles. The molecular formula is C13H20N4O2. The van der Waals surface area contributed by atoms with Crippen LogP contribution in [0.4, 0.5) is 5.69 Å². The van der Waals surface area contributed by atoms with Crippen molar-refractivity contribution in [1.82, 2.24) is 15.2 Å². The van der Waals surface area contributed by atoms with Gasteiger partial charge in [0.25, 0.3) is 5.91 Å². The van der Waals surface area contributed by atoms with Gasteiger partial charge in [-0.05, 0) is 18.1 Å². The van der Waals surface area contributed by atoms with Crippen LogP contribution >= 0.6 is 0 Å². The maximum Gasteiger partial charge on any atom is 0.274 e. The summed E-state index contributed by atoms with van der Waals surface area (Å²) in [5.41, 5.74) is 6.15. The van der Waals surface area contributed by atoms with Crippen LogP contribution in [-0.2, 0) is 4.79 Å². The number of anilines is 1. The molecule has 0 aromatic carbocycles. The summed E-state index contributed by atoms with van der Waals surface area (Å²) < 4.78 is 0. The number of hydrogen-bond donors (Lipinski definition) is 2. The van der Waals surface area contributed by atoms with Crippen molar-refractivity contribution in [2.24, 2.45) is 5.92 Å². The Labute approximate surface area is 113 Å². The van der Waals surface area contributed by atoms with Gasteiger partial charge in [0.05, 0.1) is 12.2 Å². The van der Waals surface area contributed by atoms with Crippen LogP contribution in [0.1, 0.15) is 24.3 Å². The summed E-state index contributed by atoms with van der Waals surface area (Å²) in [7, 11) is 1.55. The van der Waals surface area contributed by atoms with Gasteiger partial charge in [-0.2, -0.15) is 0 Å². The molecule has 6 nitrogen and oxygen atoms in total. The lowest BCUT2D eigenvalue weighted by molar-refractivity contribution is -0.121. The van der Waals surface area contributed by atoms with Crippen molar-refractivity contribution >= 4 is 17.5 Å². The zero-order chi connectivity index (χ0) is 14.4.